The van der Waals surface area contributed by atoms with E-state index in [-0.39, 0.29) is 16.7 Å². The van der Waals surface area contributed by atoms with Gasteiger partial charge in [0.15, 0.2) is 6.67 Å². The Hall–Kier alpha value is -3.07. The maximum Gasteiger partial charge on any atom is 0.312 e. The molecule has 136 valence electrons. The van der Waals surface area contributed by atoms with E-state index in [0.717, 1.165) is 5.69 Å². The van der Waals surface area contributed by atoms with Gasteiger partial charge in [-0.1, -0.05) is 12.1 Å². The Morgan fingerprint density at radius 3 is 2.50 bits per heavy atom. The van der Waals surface area contributed by atoms with Crippen molar-refractivity contribution in [1.82, 2.24) is 24.5 Å². The van der Waals surface area contributed by atoms with Crippen molar-refractivity contribution in [3.63, 3.8) is 0 Å². The molecule has 0 bridgehead atoms. The Balaban J connectivity index is 1.75. The van der Waals surface area contributed by atoms with Crippen LogP contribution in [0.25, 0.3) is 5.69 Å². The molecule has 2 aromatic heterocycles. The lowest BCUT2D eigenvalue weighted by Crippen LogP contribution is -3.08. The predicted octanol–water partition coefficient (Wildman–Crippen LogP) is 1.22. The summed E-state index contributed by atoms with van der Waals surface area (Å²) in [5, 5.41) is 19.6. The molecule has 3 aromatic rings. The van der Waals surface area contributed by atoms with Gasteiger partial charge in [0.2, 0.25) is 0 Å². The van der Waals surface area contributed by atoms with Gasteiger partial charge in [-0.15, -0.1) is 0 Å². The molecule has 2 heterocycles. The predicted molar refractivity (Wildman–Crippen MR) is 95.0 cm³/mol. The van der Waals surface area contributed by atoms with Crippen LogP contribution in [0.4, 0.5) is 5.69 Å². The lowest BCUT2D eigenvalue weighted by atomic mass is 10.1. The van der Waals surface area contributed by atoms with Crippen LogP contribution in [-0.4, -0.2) is 36.5 Å². The SMILES string of the molecule is Cc1nn(C[NH+](C)[C@@H](C)c2ccc(-n3cncn3)cc2)c(C)c1[N+](=O)[O-]. The Labute approximate surface area is 151 Å². The zero-order valence-corrected chi connectivity index (χ0v) is 15.2. The fraction of sp³-hybridized carbons (Fsp3) is 0.353. The topological polar surface area (TPSA) is 96.1 Å². The molecule has 0 amide bonds. The van der Waals surface area contributed by atoms with E-state index in [9.17, 15) is 10.1 Å². The number of benzene rings is 1. The third-order valence-corrected chi connectivity index (χ3v) is 4.74. The summed E-state index contributed by atoms with van der Waals surface area (Å²) in [5.74, 6) is 0. The molecule has 0 aliphatic rings. The van der Waals surface area contributed by atoms with Gasteiger partial charge in [-0.25, -0.2) is 14.3 Å². The normalized spacial score (nSPS) is 13.5. The standard InChI is InChI=1S/C17H21N7O2/c1-12-17(24(25)26)14(3)23(20-12)11-21(4)13(2)15-5-7-16(8-6-15)22-10-18-9-19-22/h5-10,13H,11H2,1-4H3/p+1/t13-/m0/s1. The van der Waals surface area contributed by atoms with E-state index < -0.39 is 0 Å². The summed E-state index contributed by atoms with van der Waals surface area (Å²) in [4.78, 5) is 15.9. The highest BCUT2D eigenvalue weighted by Crippen LogP contribution is 2.21. The molecular weight excluding hydrogens is 334 g/mol. The van der Waals surface area contributed by atoms with E-state index in [1.54, 1.807) is 29.5 Å². The van der Waals surface area contributed by atoms with Gasteiger partial charge in [0.25, 0.3) is 0 Å². The van der Waals surface area contributed by atoms with Crippen molar-refractivity contribution < 1.29 is 9.82 Å². The third kappa shape index (κ3) is 3.33. The minimum absolute atomic E-state index is 0.0997. The average Bonchev–Trinajstić information content (AvgIpc) is 3.23. The molecule has 0 saturated heterocycles. The second-order valence-corrected chi connectivity index (χ2v) is 6.43. The van der Waals surface area contributed by atoms with Crippen LogP contribution in [0, 0.1) is 24.0 Å². The highest BCUT2D eigenvalue weighted by atomic mass is 16.6. The largest absolute Gasteiger partial charge is 0.313 e. The van der Waals surface area contributed by atoms with Crippen LogP contribution >= 0.6 is 0 Å². The summed E-state index contributed by atoms with van der Waals surface area (Å²) >= 11 is 0. The quantitative estimate of drug-likeness (QED) is 0.529. The molecule has 3 rings (SSSR count). The Bertz CT molecular complexity index is 900. The fourth-order valence-corrected chi connectivity index (χ4v) is 3.02. The van der Waals surface area contributed by atoms with Gasteiger partial charge in [0, 0.05) is 5.56 Å². The number of quaternary nitrogens is 1. The van der Waals surface area contributed by atoms with Crippen molar-refractivity contribution in [2.24, 2.45) is 0 Å². The summed E-state index contributed by atoms with van der Waals surface area (Å²) in [6.45, 7) is 6.08. The summed E-state index contributed by atoms with van der Waals surface area (Å²) in [7, 11) is 2.05. The molecule has 9 nitrogen and oxygen atoms in total. The first-order chi connectivity index (χ1) is 12.4. The summed E-state index contributed by atoms with van der Waals surface area (Å²) in [5.41, 5.74) is 3.25. The zero-order valence-electron chi connectivity index (χ0n) is 15.2. The molecule has 0 spiro atoms. The first-order valence-corrected chi connectivity index (χ1v) is 8.34. The number of rotatable bonds is 6. The maximum absolute atomic E-state index is 11.2. The minimum Gasteiger partial charge on any atom is -0.313 e. The average molecular weight is 356 g/mol. The number of hydrogen-bond acceptors (Lipinski definition) is 5. The Kier molecular flexibility index (Phi) is 4.81. The van der Waals surface area contributed by atoms with E-state index in [2.05, 4.69) is 41.3 Å². The zero-order chi connectivity index (χ0) is 18.8. The van der Waals surface area contributed by atoms with E-state index in [0.29, 0.717) is 18.1 Å². The highest BCUT2D eigenvalue weighted by Gasteiger charge is 2.24. The van der Waals surface area contributed by atoms with Gasteiger partial charge in [-0.05, 0) is 32.9 Å². The van der Waals surface area contributed by atoms with Crippen LogP contribution in [0.15, 0.2) is 36.9 Å². The number of aromatic nitrogens is 5. The Morgan fingerprint density at radius 2 is 1.96 bits per heavy atom. The van der Waals surface area contributed by atoms with Gasteiger partial charge >= 0.3 is 5.69 Å². The van der Waals surface area contributed by atoms with Gasteiger partial charge in [-0.3, -0.25) is 10.1 Å². The first kappa shape index (κ1) is 17.7. The Morgan fingerprint density at radius 1 is 1.27 bits per heavy atom. The van der Waals surface area contributed by atoms with Gasteiger partial charge in [0.05, 0.1) is 17.7 Å². The molecule has 0 radical (unpaired) electrons. The number of nitrogens with one attached hydrogen (secondary N) is 1. The molecule has 1 N–H and O–H groups in total. The smallest absolute Gasteiger partial charge is 0.312 e. The molecule has 0 fully saturated rings. The number of aryl methyl sites for hydroxylation is 1. The van der Waals surface area contributed by atoms with Crippen molar-refractivity contribution in [1.29, 1.82) is 0 Å². The molecule has 0 saturated carbocycles. The lowest BCUT2D eigenvalue weighted by molar-refractivity contribution is -0.933. The van der Waals surface area contributed by atoms with E-state index in [1.165, 1.54) is 16.8 Å². The summed E-state index contributed by atoms with van der Waals surface area (Å²) < 4.78 is 3.42. The monoisotopic (exact) mass is 356 g/mol. The van der Waals surface area contributed by atoms with Gasteiger partial charge in [-0.2, -0.15) is 10.2 Å². The fourth-order valence-electron chi connectivity index (χ4n) is 3.02. The van der Waals surface area contributed by atoms with Gasteiger partial charge < -0.3 is 4.90 Å². The second kappa shape index (κ2) is 7.04. The van der Waals surface area contributed by atoms with Crippen molar-refractivity contribution in [2.45, 2.75) is 33.5 Å². The highest BCUT2D eigenvalue weighted by molar-refractivity contribution is 5.39. The van der Waals surface area contributed by atoms with Crippen LogP contribution in [0.3, 0.4) is 0 Å². The van der Waals surface area contributed by atoms with E-state index in [4.69, 9.17) is 0 Å². The third-order valence-electron chi connectivity index (χ3n) is 4.74. The van der Waals surface area contributed by atoms with Crippen LogP contribution in [0.1, 0.15) is 29.9 Å². The maximum atomic E-state index is 11.2. The molecule has 1 unspecified atom stereocenters. The summed E-state index contributed by atoms with van der Waals surface area (Å²) in [6.07, 6.45) is 3.16. The molecule has 9 heteroatoms. The minimum atomic E-state index is -0.365. The lowest BCUT2D eigenvalue weighted by Gasteiger charge is -2.22. The van der Waals surface area contributed by atoms with Crippen LogP contribution in [0.5, 0.6) is 0 Å². The van der Waals surface area contributed by atoms with Crippen LogP contribution in [-0.2, 0) is 6.67 Å². The molecule has 0 aliphatic heterocycles. The van der Waals surface area contributed by atoms with Crippen LogP contribution < -0.4 is 4.90 Å². The molecule has 2 atom stereocenters. The van der Waals surface area contributed by atoms with Crippen molar-refractivity contribution in [3.8, 4) is 5.69 Å². The number of hydrogen-bond donors (Lipinski definition) is 1. The molecule has 0 aliphatic carbocycles. The number of nitro groups is 1. The number of nitrogens with zero attached hydrogens (tertiary/aromatic N) is 6. The van der Waals surface area contributed by atoms with Gasteiger partial charge in [0.1, 0.15) is 30.1 Å². The second-order valence-electron chi connectivity index (χ2n) is 6.43. The summed E-state index contributed by atoms with van der Waals surface area (Å²) in [6, 6.07) is 8.33. The van der Waals surface area contributed by atoms with E-state index in [1.807, 2.05) is 12.1 Å². The molecule has 26 heavy (non-hydrogen) atoms. The first-order valence-electron chi connectivity index (χ1n) is 8.34. The van der Waals surface area contributed by atoms with E-state index >= 15 is 0 Å². The van der Waals surface area contributed by atoms with Crippen molar-refractivity contribution >= 4 is 5.69 Å². The van der Waals surface area contributed by atoms with Crippen molar-refractivity contribution in [2.75, 3.05) is 7.05 Å². The molecule has 1 aromatic carbocycles. The van der Waals surface area contributed by atoms with Crippen molar-refractivity contribution in [3.05, 3.63) is 64.0 Å². The van der Waals surface area contributed by atoms with Crippen LogP contribution in [0.2, 0.25) is 0 Å². The molecular formula is C17H22N7O2+.